The predicted molar refractivity (Wildman–Crippen MR) is 234 cm³/mol. The van der Waals surface area contributed by atoms with Crippen LogP contribution in [0.2, 0.25) is 0 Å². The van der Waals surface area contributed by atoms with Crippen molar-refractivity contribution >= 4 is 22.8 Å². The van der Waals surface area contributed by atoms with E-state index in [0.717, 1.165) is 83.2 Å². The van der Waals surface area contributed by atoms with Crippen molar-refractivity contribution in [3.05, 3.63) is 161 Å². The number of ether oxygens (including phenoxy) is 5. The van der Waals surface area contributed by atoms with Gasteiger partial charge in [0.15, 0.2) is 5.60 Å². The second kappa shape index (κ2) is 19.6. The van der Waals surface area contributed by atoms with Gasteiger partial charge in [-0.25, -0.2) is 9.18 Å². The van der Waals surface area contributed by atoms with Crippen LogP contribution in [-0.2, 0) is 16.8 Å². The van der Waals surface area contributed by atoms with Crippen LogP contribution in [0.1, 0.15) is 91.4 Å². The Morgan fingerprint density at radius 1 is 0.661 bits per heavy atom. The lowest BCUT2D eigenvalue weighted by atomic mass is 9.82. The van der Waals surface area contributed by atoms with Gasteiger partial charge >= 0.3 is 5.97 Å². The van der Waals surface area contributed by atoms with Gasteiger partial charge in [0.2, 0.25) is 0 Å². The Balaban J connectivity index is 1.02. The lowest BCUT2D eigenvalue weighted by Crippen LogP contribution is -2.34. The van der Waals surface area contributed by atoms with Crippen molar-refractivity contribution in [1.82, 2.24) is 0 Å². The standard InChI is InChI=1S/C52H53FO6/c1-4-6-9-12-37-13-24-45(25-14-37)57-33-10-7-8-11-34-58-46-26-15-38(16-27-46)39-17-30-47-40(35-39)36-49(51(54)56-5-2)48-31-32-52(59-50(47)48,41-18-22-43(53)23-19-41)42-20-28-44(55-3)29-21-42/h13-32,35-36H,4-12,33-34H2,1-3H3. The number of fused-ring (bicyclic) bond motifs is 3. The summed E-state index contributed by atoms with van der Waals surface area (Å²) in [6, 6.07) is 38.6. The van der Waals surface area contributed by atoms with E-state index < -0.39 is 11.6 Å². The summed E-state index contributed by atoms with van der Waals surface area (Å²) < 4.78 is 44.3. The van der Waals surface area contributed by atoms with Crippen LogP contribution in [0, 0.1) is 5.82 Å². The summed E-state index contributed by atoms with van der Waals surface area (Å²) in [6.45, 7) is 5.64. The third-order valence-electron chi connectivity index (χ3n) is 10.9. The molecule has 6 aromatic rings. The molecular weight excluding hydrogens is 740 g/mol. The van der Waals surface area contributed by atoms with Crippen molar-refractivity contribution in [3.63, 3.8) is 0 Å². The van der Waals surface area contributed by atoms with Gasteiger partial charge in [0.1, 0.15) is 28.8 Å². The molecule has 0 bridgehead atoms. The topological polar surface area (TPSA) is 63.2 Å². The maximum absolute atomic E-state index is 14.2. The van der Waals surface area contributed by atoms with Gasteiger partial charge in [-0.1, -0.05) is 80.4 Å². The third-order valence-corrected chi connectivity index (χ3v) is 10.9. The molecule has 6 nitrogen and oxygen atoms in total. The Bertz CT molecular complexity index is 2330. The summed E-state index contributed by atoms with van der Waals surface area (Å²) in [5, 5.41) is 1.66. The molecule has 0 saturated carbocycles. The maximum atomic E-state index is 14.2. The molecule has 1 aliphatic heterocycles. The monoisotopic (exact) mass is 792 g/mol. The first-order valence-corrected chi connectivity index (χ1v) is 20.9. The minimum atomic E-state index is -1.11. The third kappa shape index (κ3) is 9.80. The van der Waals surface area contributed by atoms with Crippen LogP contribution < -0.4 is 18.9 Å². The summed E-state index contributed by atoms with van der Waals surface area (Å²) in [4.78, 5) is 13.4. The highest BCUT2D eigenvalue weighted by Crippen LogP contribution is 2.47. The number of benzene rings is 6. The zero-order chi connectivity index (χ0) is 41.0. The second-order valence-electron chi connectivity index (χ2n) is 15.0. The molecule has 6 aromatic carbocycles. The molecule has 0 fully saturated rings. The zero-order valence-electron chi connectivity index (χ0n) is 34.3. The summed E-state index contributed by atoms with van der Waals surface area (Å²) in [5.74, 6) is 2.24. The highest BCUT2D eigenvalue weighted by atomic mass is 19.1. The van der Waals surface area contributed by atoms with Crippen LogP contribution in [0.25, 0.3) is 28.0 Å². The molecule has 0 amide bonds. The lowest BCUT2D eigenvalue weighted by molar-refractivity contribution is 0.0524. The Kier molecular flexibility index (Phi) is 13.6. The van der Waals surface area contributed by atoms with E-state index in [1.807, 2.05) is 60.7 Å². The lowest BCUT2D eigenvalue weighted by Gasteiger charge is -2.37. The van der Waals surface area contributed by atoms with Gasteiger partial charge < -0.3 is 23.7 Å². The van der Waals surface area contributed by atoms with Crippen molar-refractivity contribution in [2.45, 2.75) is 70.8 Å². The van der Waals surface area contributed by atoms with E-state index >= 15 is 0 Å². The van der Waals surface area contributed by atoms with Gasteiger partial charge in [0.25, 0.3) is 0 Å². The first-order valence-electron chi connectivity index (χ1n) is 20.9. The minimum Gasteiger partial charge on any atom is -0.497 e. The zero-order valence-corrected chi connectivity index (χ0v) is 34.3. The largest absolute Gasteiger partial charge is 0.497 e. The molecule has 7 rings (SSSR count). The number of hydrogen-bond acceptors (Lipinski definition) is 6. The van der Waals surface area contributed by atoms with Crippen LogP contribution in [0.5, 0.6) is 23.0 Å². The van der Waals surface area contributed by atoms with Crippen molar-refractivity contribution in [1.29, 1.82) is 0 Å². The normalized spacial score (nSPS) is 14.4. The Morgan fingerprint density at radius 3 is 1.90 bits per heavy atom. The Labute approximate surface area is 347 Å². The molecule has 0 radical (unpaired) electrons. The average molecular weight is 793 g/mol. The highest BCUT2D eigenvalue weighted by molar-refractivity contribution is 6.05. The molecule has 1 unspecified atom stereocenters. The fraction of sp³-hybridized carbons (Fsp3) is 0.288. The molecule has 1 heterocycles. The van der Waals surface area contributed by atoms with Crippen LogP contribution in [0.15, 0.2) is 127 Å². The fourth-order valence-electron chi connectivity index (χ4n) is 7.64. The second-order valence-corrected chi connectivity index (χ2v) is 15.0. The number of hydrogen-bond donors (Lipinski definition) is 0. The molecule has 1 aliphatic rings. The number of halogens is 1. The summed E-state index contributed by atoms with van der Waals surface area (Å²) >= 11 is 0. The molecule has 0 spiro atoms. The number of carbonyl (C=O) groups excluding carboxylic acids is 1. The van der Waals surface area contributed by atoms with Crippen molar-refractivity contribution in [3.8, 4) is 34.1 Å². The summed E-state index contributed by atoms with van der Waals surface area (Å²) in [6.07, 6.45) is 12.9. The summed E-state index contributed by atoms with van der Waals surface area (Å²) in [7, 11) is 1.62. The van der Waals surface area contributed by atoms with E-state index in [-0.39, 0.29) is 12.4 Å². The number of unbranched alkanes of at least 4 members (excludes halogenated alkanes) is 5. The molecule has 59 heavy (non-hydrogen) atoms. The van der Waals surface area contributed by atoms with E-state index in [0.29, 0.717) is 29.2 Å². The Morgan fingerprint density at radius 2 is 1.27 bits per heavy atom. The number of rotatable bonds is 19. The smallest absolute Gasteiger partial charge is 0.338 e. The number of methoxy groups -OCH3 is 1. The van der Waals surface area contributed by atoms with Crippen LogP contribution in [0.4, 0.5) is 4.39 Å². The molecular formula is C52H53FO6. The number of aryl methyl sites for hydroxylation is 1. The van der Waals surface area contributed by atoms with Crippen molar-refractivity contribution in [2.24, 2.45) is 0 Å². The van der Waals surface area contributed by atoms with Crippen molar-refractivity contribution < 1.29 is 32.9 Å². The first kappa shape index (κ1) is 41.1. The van der Waals surface area contributed by atoms with Gasteiger partial charge in [-0.15, -0.1) is 0 Å². The quantitative estimate of drug-likeness (QED) is 0.0601. The van der Waals surface area contributed by atoms with E-state index in [1.165, 1.54) is 37.0 Å². The van der Waals surface area contributed by atoms with Gasteiger partial charge in [0.05, 0.1) is 32.5 Å². The first-order chi connectivity index (χ1) is 28.9. The molecule has 0 saturated heterocycles. The van der Waals surface area contributed by atoms with Crippen LogP contribution >= 0.6 is 0 Å². The SMILES string of the molecule is CCCCCc1ccc(OCCCCCCOc2ccc(-c3ccc4c5c(c(C(=O)OCC)cc4c3)C=CC(c3ccc(F)cc3)(c3ccc(OC)cc3)O5)cc2)cc1. The van der Waals surface area contributed by atoms with Gasteiger partial charge in [-0.2, -0.15) is 0 Å². The molecule has 0 N–H and O–H groups in total. The van der Waals surface area contributed by atoms with Crippen molar-refractivity contribution in [2.75, 3.05) is 26.9 Å². The summed E-state index contributed by atoms with van der Waals surface area (Å²) in [5.41, 5.74) is 4.85. The Hall–Kier alpha value is -6.08. The predicted octanol–water partition coefficient (Wildman–Crippen LogP) is 12.9. The van der Waals surface area contributed by atoms with E-state index in [4.69, 9.17) is 23.7 Å². The molecule has 304 valence electrons. The maximum Gasteiger partial charge on any atom is 0.338 e. The molecule has 0 aliphatic carbocycles. The molecule has 0 aromatic heterocycles. The van der Waals surface area contributed by atoms with E-state index in [9.17, 15) is 9.18 Å². The van der Waals surface area contributed by atoms with Crippen LogP contribution in [-0.4, -0.2) is 32.9 Å². The van der Waals surface area contributed by atoms with E-state index in [2.05, 4.69) is 55.5 Å². The van der Waals surface area contributed by atoms with Gasteiger partial charge in [-0.05, 0) is 140 Å². The molecule has 7 heteroatoms. The van der Waals surface area contributed by atoms with Gasteiger partial charge in [0, 0.05) is 22.1 Å². The highest BCUT2D eigenvalue weighted by Gasteiger charge is 2.39. The minimum absolute atomic E-state index is 0.236. The molecule has 1 atom stereocenters. The van der Waals surface area contributed by atoms with Crippen LogP contribution in [0.3, 0.4) is 0 Å². The van der Waals surface area contributed by atoms with E-state index in [1.54, 1.807) is 26.2 Å². The average Bonchev–Trinajstić information content (AvgIpc) is 3.27. The fourth-order valence-corrected chi connectivity index (χ4v) is 7.64. The van der Waals surface area contributed by atoms with Gasteiger partial charge in [-0.3, -0.25) is 0 Å². The number of carbonyl (C=O) groups is 1. The number of esters is 1.